The highest BCUT2D eigenvalue weighted by Gasteiger charge is 2.10. The van der Waals surface area contributed by atoms with Crippen molar-refractivity contribution in [2.45, 2.75) is 26.3 Å². The van der Waals surface area contributed by atoms with Gasteiger partial charge in [-0.1, -0.05) is 19.1 Å². The Morgan fingerprint density at radius 3 is 3.00 bits per heavy atom. The van der Waals surface area contributed by atoms with E-state index >= 15 is 0 Å². The highest BCUT2D eigenvalue weighted by Crippen LogP contribution is 2.17. The smallest absolute Gasteiger partial charge is 0.268 e. The average molecular weight is 288 g/mol. The molecule has 1 aromatic heterocycles. The molecular weight excluding hydrogens is 268 g/mol. The Balaban J connectivity index is 1.97. The quantitative estimate of drug-likeness (QED) is 0.460. The third-order valence-electron chi connectivity index (χ3n) is 3.13. The van der Waals surface area contributed by atoms with Crippen molar-refractivity contribution >= 4 is 5.91 Å². The van der Waals surface area contributed by atoms with Gasteiger partial charge in [-0.2, -0.15) is 0 Å². The molecule has 0 aliphatic rings. The normalized spacial score (nSPS) is 10.4. The molecule has 0 spiro atoms. The highest BCUT2D eigenvalue weighted by atomic mass is 16.5. The minimum atomic E-state index is -0.361. The average Bonchev–Trinajstić information content (AvgIpc) is 2.95. The van der Waals surface area contributed by atoms with Crippen molar-refractivity contribution in [1.82, 2.24) is 15.0 Å². The summed E-state index contributed by atoms with van der Waals surface area (Å²) < 4.78 is 7.77. The predicted octanol–water partition coefficient (Wildman–Crippen LogP) is 1.52. The number of para-hydroxylation sites is 1. The lowest BCUT2D eigenvalue weighted by Crippen LogP contribution is -2.30. The minimum absolute atomic E-state index is 0.361. The number of nitrogens with one attached hydrogen (secondary N) is 1. The molecule has 3 N–H and O–H groups in total. The molecule has 0 saturated heterocycles. The number of aromatic nitrogens is 2. The van der Waals surface area contributed by atoms with Gasteiger partial charge in [0.05, 0.1) is 12.1 Å². The number of aryl methyl sites for hydroxylation is 1. The van der Waals surface area contributed by atoms with E-state index in [1.54, 1.807) is 24.4 Å². The first-order valence-corrected chi connectivity index (χ1v) is 6.99. The van der Waals surface area contributed by atoms with Gasteiger partial charge in [0.2, 0.25) is 0 Å². The van der Waals surface area contributed by atoms with Crippen LogP contribution >= 0.6 is 0 Å². The first-order valence-electron chi connectivity index (χ1n) is 6.99. The van der Waals surface area contributed by atoms with Gasteiger partial charge in [-0.3, -0.25) is 10.2 Å². The summed E-state index contributed by atoms with van der Waals surface area (Å²) in [5.41, 5.74) is 2.55. The Morgan fingerprint density at radius 2 is 2.24 bits per heavy atom. The summed E-state index contributed by atoms with van der Waals surface area (Å²) >= 11 is 0. The Labute approximate surface area is 123 Å². The molecular formula is C15H20N4O2. The molecule has 21 heavy (non-hydrogen) atoms. The van der Waals surface area contributed by atoms with Gasteiger partial charge in [0, 0.05) is 18.8 Å². The van der Waals surface area contributed by atoms with Crippen LogP contribution in [-0.2, 0) is 13.0 Å². The molecule has 0 atom stereocenters. The molecule has 1 aromatic carbocycles. The number of amides is 1. The van der Waals surface area contributed by atoms with Gasteiger partial charge in [0.25, 0.3) is 5.91 Å². The number of carbonyl (C=O) groups is 1. The van der Waals surface area contributed by atoms with Gasteiger partial charge in [-0.25, -0.2) is 10.8 Å². The Hall–Kier alpha value is -2.34. The number of ether oxygens (including phenoxy) is 1. The standard InChI is InChI=1S/C15H20N4O2/c1-2-5-14-17-8-9-19(14)10-11-21-13-7-4-3-6-12(13)15(20)18-16/h3-4,6-9H,2,5,10-11,16H2,1H3,(H,18,20). The number of nitrogen functional groups attached to an aromatic ring is 1. The fourth-order valence-corrected chi connectivity index (χ4v) is 2.11. The van der Waals surface area contributed by atoms with E-state index in [4.69, 9.17) is 10.6 Å². The lowest BCUT2D eigenvalue weighted by molar-refractivity contribution is 0.0949. The topological polar surface area (TPSA) is 82.2 Å². The van der Waals surface area contributed by atoms with Crippen LogP contribution in [0.5, 0.6) is 5.75 Å². The minimum Gasteiger partial charge on any atom is -0.491 e. The van der Waals surface area contributed by atoms with Crippen LogP contribution in [0.15, 0.2) is 36.7 Å². The number of hydrogen-bond acceptors (Lipinski definition) is 4. The summed E-state index contributed by atoms with van der Waals surface area (Å²) in [6, 6.07) is 7.03. The predicted molar refractivity (Wildman–Crippen MR) is 79.8 cm³/mol. The zero-order valence-corrected chi connectivity index (χ0v) is 12.1. The van der Waals surface area contributed by atoms with E-state index in [-0.39, 0.29) is 5.91 Å². The molecule has 0 fully saturated rings. The lowest BCUT2D eigenvalue weighted by Gasteiger charge is -2.12. The van der Waals surface area contributed by atoms with E-state index in [2.05, 4.69) is 21.9 Å². The van der Waals surface area contributed by atoms with Crippen molar-refractivity contribution in [3.05, 3.63) is 48.0 Å². The highest BCUT2D eigenvalue weighted by molar-refractivity contribution is 5.96. The SMILES string of the molecule is CCCc1nccn1CCOc1ccccc1C(=O)NN. The maximum Gasteiger partial charge on any atom is 0.268 e. The van der Waals surface area contributed by atoms with Crippen molar-refractivity contribution in [2.75, 3.05) is 6.61 Å². The number of rotatable bonds is 7. The molecule has 2 aromatic rings. The third kappa shape index (κ3) is 3.82. The van der Waals surface area contributed by atoms with E-state index in [9.17, 15) is 4.79 Å². The molecule has 6 heteroatoms. The summed E-state index contributed by atoms with van der Waals surface area (Å²) in [5, 5.41) is 0. The third-order valence-corrected chi connectivity index (χ3v) is 3.13. The molecule has 0 bridgehead atoms. The van der Waals surface area contributed by atoms with Gasteiger partial charge in [0.1, 0.15) is 18.2 Å². The molecule has 0 saturated carbocycles. The maximum absolute atomic E-state index is 11.6. The van der Waals surface area contributed by atoms with Gasteiger partial charge >= 0.3 is 0 Å². The first-order chi connectivity index (χ1) is 10.3. The second-order valence-corrected chi connectivity index (χ2v) is 4.60. The van der Waals surface area contributed by atoms with Gasteiger partial charge in [0.15, 0.2) is 0 Å². The zero-order chi connectivity index (χ0) is 15.1. The van der Waals surface area contributed by atoms with Crippen molar-refractivity contribution in [3.63, 3.8) is 0 Å². The Bertz CT molecular complexity index is 595. The van der Waals surface area contributed by atoms with Crippen LogP contribution in [0.3, 0.4) is 0 Å². The van der Waals surface area contributed by atoms with E-state index in [0.29, 0.717) is 24.5 Å². The zero-order valence-electron chi connectivity index (χ0n) is 12.1. The molecule has 112 valence electrons. The van der Waals surface area contributed by atoms with Gasteiger partial charge < -0.3 is 9.30 Å². The molecule has 0 unspecified atom stereocenters. The number of carbonyl (C=O) groups excluding carboxylic acids is 1. The lowest BCUT2D eigenvalue weighted by atomic mass is 10.2. The second-order valence-electron chi connectivity index (χ2n) is 4.60. The van der Waals surface area contributed by atoms with Gasteiger partial charge in [-0.05, 0) is 18.6 Å². The Kier molecular flexibility index (Phi) is 5.34. The summed E-state index contributed by atoms with van der Waals surface area (Å²) in [6.07, 6.45) is 5.73. The largest absolute Gasteiger partial charge is 0.491 e. The summed E-state index contributed by atoms with van der Waals surface area (Å²) in [7, 11) is 0. The fraction of sp³-hybridized carbons (Fsp3) is 0.333. The summed E-state index contributed by atoms with van der Waals surface area (Å²) in [4.78, 5) is 16.0. The number of hydrogen-bond donors (Lipinski definition) is 2. The van der Waals surface area contributed by atoms with Crippen molar-refractivity contribution in [2.24, 2.45) is 5.84 Å². The van der Waals surface area contributed by atoms with Crippen LogP contribution in [0.4, 0.5) is 0 Å². The summed E-state index contributed by atoms with van der Waals surface area (Å²) in [6.45, 7) is 3.27. The number of hydrazine groups is 1. The van der Waals surface area contributed by atoms with Crippen LogP contribution in [-0.4, -0.2) is 22.1 Å². The molecule has 6 nitrogen and oxygen atoms in total. The van der Waals surface area contributed by atoms with Crippen LogP contribution in [0, 0.1) is 0 Å². The number of nitrogens with zero attached hydrogens (tertiary/aromatic N) is 2. The number of nitrogens with two attached hydrogens (primary N) is 1. The van der Waals surface area contributed by atoms with Crippen LogP contribution in [0.2, 0.25) is 0 Å². The molecule has 1 heterocycles. The van der Waals surface area contributed by atoms with Crippen molar-refractivity contribution in [1.29, 1.82) is 0 Å². The van der Waals surface area contributed by atoms with Gasteiger partial charge in [-0.15, -0.1) is 0 Å². The number of imidazole rings is 1. The second kappa shape index (κ2) is 7.44. The van der Waals surface area contributed by atoms with Crippen molar-refractivity contribution in [3.8, 4) is 5.75 Å². The van der Waals surface area contributed by atoms with E-state index in [1.165, 1.54) is 0 Å². The maximum atomic E-state index is 11.6. The van der Waals surface area contributed by atoms with Crippen LogP contribution in [0.1, 0.15) is 29.5 Å². The van der Waals surface area contributed by atoms with E-state index in [1.807, 2.05) is 12.3 Å². The first kappa shape index (κ1) is 15.1. The van der Waals surface area contributed by atoms with Crippen LogP contribution < -0.4 is 16.0 Å². The molecule has 0 aliphatic carbocycles. The van der Waals surface area contributed by atoms with E-state index in [0.717, 1.165) is 18.7 Å². The van der Waals surface area contributed by atoms with Crippen molar-refractivity contribution < 1.29 is 9.53 Å². The van der Waals surface area contributed by atoms with Crippen LogP contribution in [0.25, 0.3) is 0 Å². The van der Waals surface area contributed by atoms with E-state index < -0.39 is 0 Å². The number of benzene rings is 1. The Morgan fingerprint density at radius 1 is 1.43 bits per heavy atom. The molecule has 0 aliphatic heterocycles. The summed E-state index contributed by atoms with van der Waals surface area (Å²) in [5.74, 6) is 6.38. The monoisotopic (exact) mass is 288 g/mol. The molecule has 0 radical (unpaired) electrons. The molecule has 1 amide bonds. The fourth-order valence-electron chi connectivity index (χ4n) is 2.11. The molecule has 2 rings (SSSR count).